The van der Waals surface area contributed by atoms with Crippen LogP contribution in [0.4, 0.5) is 0 Å². The molecule has 0 aromatic carbocycles. The van der Waals surface area contributed by atoms with Crippen molar-refractivity contribution in [3.8, 4) is 11.8 Å². The minimum atomic E-state index is -0.0236. The Morgan fingerprint density at radius 1 is 1.24 bits per heavy atom. The lowest BCUT2D eigenvalue weighted by Gasteiger charge is -2.20. The van der Waals surface area contributed by atoms with Gasteiger partial charge in [0.15, 0.2) is 0 Å². The molecule has 114 valence electrons. The van der Waals surface area contributed by atoms with Crippen molar-refractivity contribution in [1.29, 1.82) is 0 Å². The second-order valence-corrected chi connectivity index (χ2v) is 6.33. The van der Waals surface area contributed by atoms with E-state index in [0.29, 0.717) is 11.8 Å². The van der Waals surface area contributed by atoms with E-state index < -0.39 is 0 Å². The van der Waals surface area contributed by atoms with Crippen LogP contribution in [0.15, 0.2) is 18.2 Å². The van der Waals surface area contributed by atoms with E-state index in [1.807, 2.05) is 33.2 Å². The molecule has 0 atom stereocenters. The van der Waals surface area contributed by atoms with Gasteiger partial charge >= 0.3 is 0 Å². The summed E-state index contributed by atoms with van der Waals surface area (Å²) in [5, 5.41) is 7.46. The smallest absolute Gasteiger partial charge is 0.221 e. The summed E-state index contributed by atoms with van der Waals surface area (Å²) in [5.41, 5.74) is 3.08. The summed E-state index contributed by atoms with van der Waals surface area (Å²) in [6, 6.07) is 6.00. The maximum atomic E-state index is 5.91. The van der Waals surface area contributed by atoms with Gasteiger partial charge < -0.3 is 10.1 Å². The Labute approximate surface area is 126 Å². The molecule has 2 aromatic heterocycles. The second kappa shape index (κ2) is 5.85. The third kappa shape index (κ3) is 3.82. The Bertz CT molecular complexity index is 626. The Morgan fingerprint density at radius 2 is 1.95 bits per heavy atom. The van der Waals surface area contributed by atoms with Crippen LogP contribution in [0.3, 0.4) is 0 Å². The monoisotopic (exact) mass is 288 g/mol. The number of nitrogens with one attached hydrogen (secondary N) is 1. The van der Waals surface area contributed by atoms with Crippen molar-refractivity contribution in [1.82, 2.24) is 20.1 Å². The highest BCUT2D eigenvalue weighted by molar-refractivity contribution is 5.31. The topological polar surface area (TPSA) is 52.0 Å². The van der Waals surface area contributed by atoms with Crippen LogP contribution < -0.4 is 10.1 Å². The minimum absolute atomic E-state index is 0.0236. The SMILES string of the molecule is CNCc1cc(Oc2cc(C)nn2C)nc(C(C)(C)C)c1. The highest BCUT2D eigenvalue weighted by atomic mass is 16.5. The van der Waals surface area contributed by atoms with E-state index in [0.717, 1.165) is 23.5 Å². The molecule has 0 radical (unpaired) electrons. The maximum Gasteiger partial charge on any atom is 0.221 e. The molecule has 0 amide bonds. The van der Waals surface area contributed by atoms with Crippen molar-refractivity contribution >= 4 is 0 Å². The Balaban J connectivity index is 2.38. The molecule has 21 heavy (non-hydrogen) atoms. The van der Waals surface area contributed by atoms with Crippen molar-refractivity contribution in [2.24, 2.45) is 7.05 Å². The molecule has 0 aliphatic heterocycles. The quantitative estimate of drug-likeness (QED) is 0.940. The zero-order valence-electron chi connectivity index (χ0n) is 13.7. The number of hydrogen-bond acceptors (Lipinski definition) is 4. The minimum Gasteiger partial charge on any atom is -0.421 e. The standard InChI is InChI=1S/C16H24N4O/c1-11-7-15(20(6)19-11)21-14-9-12(10-17-5)8-13(18-14)16(2,3)4/h7-9,17H,10H2,1-6H3. The summed E-state index contributed by atoms with van der Waals surface area (Å²) in [4.78, 5) is 4.64. The lowest BCUT2D eigenvalue weighted by atomic mass is 9.91. The fourth-order valence-electron chi connectivity index (χ4n) is 2.09. The third-order valence-corrected chi connectivity index (χ3v) is 3.18. The van der Waals surface area contributed by atoms with Crippen LogP contribution in [0.1, 0.15) is 37.7 Å². The Kier molecular flexibility index (Phi) is 4.32. The average Bonchev–Trinajstić information content (AvgIpc) is 2.67. The van der Waals surface area contributed by atoms with Gasteiger partial charge in [0.05, 0.1) is 11.4 Å². The molecule has 0 fully saturated rings. The molecule has 0 bridgehead atoms. The van der Waals surface area contributed by atoms with Crippen molar-refractivity contribution in [2.45, 2.75) is 39.7 Å². The van der Waals surface area contributed by atoms with E-state index >= 15 is 0 Å². The molecule has 0 aliphatic carbocycles. The molecule has 0 aliphatic rings. The van der Waals surface area contributed by atoms with Gasteiger partial charge in [-0.15, -0.1) is 0 Å². The molecule has 5 nitrogen and oxygen atoms in total. The zero-order valence-corrected chi connectivity index (χ0v) is 13.7. The first-order valence-electron chi connectivity index (χ1n) is 7.14. The van der Waals surface area contributed by atoms with E-state index in [2.05, 4.69) is 42.2 Å². The summed E-state index contributed by atoms with van der Waals surface area (Å²) in [5.74, 6) is 1.30. The summed E-state index contributed by atoms with van der Waals surface area (Å²) in [7, 11) is 3.80. The molecule has 0 spiro atoms. The summed E-state index contributed by atoms with van der Waals surface area (Å²) in [6.07, 6.45) is 0. The highest BCUT2D eigenvalue weighted by Crippen LogP contribution is 2.27. The van der Waals surface area contributed by atoms with Gasteiger partial charge in [-0.05, 0) is 25.6 Å². The van der Waals surface area contributed by atoms with Crippen LogP contribution in [-0.2, 0) is 19.0 Å². The first-order chi connectivity index (χ1) is 9.79. The van der Waals surface area contributed by atoms with Crippen LogP contribution in [0.5, 0.6) is 11.8 Å². The van der Waals surface area contributed by atoms with E-state index in [1.165, 1.54) is 0 Å². The van der Waals surface area contributed by atoms with Crippen molar-refractivity contribution in [2.75, 3.05) is 7.05 Å². The van der Waals surface area contributed by atoms with Gasteiger partial charge in [-0.3, -0.25) is 0 Å². The van der Waals surface area contributed by atoms with Crippen LogP contribution in [0.25, 0.3) is 0 Å². The predicted molar refractivity (Wildman–Crippen MR) is 83.7 cm³/mol. The van der Waals surface area contributed by atoms with Crippen LogP contribution >= 0.6 is 0 Å². The number of ether oxygens (including phenoxy) is 1. The van der Waals surface area contributed by atoms with Gasteiger partial charge in [-0.1, -0.05) is 20.8 Å². The molecule has 2 aromatic rings. The molecule has 2 rings (SSSR count). The van der Waals surface area contributed by atoms with Crippen LogP contribution in [0, 0.1) is 6.92 Å². The number of nitrogens with zero attached hydrogens (tertiary/aromatic N) is 3. The van der Waals surface area contributed by atoms with E-state index in [-0.39, 0.29) is 5.41 Å². The fourth-order valence-corrected chi connectivity index (χ4v) is 2.09. The first kappa shape index (κ1) is 15.5. The average molecular weight is 288 g/mol. The van der Waals surface area contributed by atoms with Crippen LogP contribution in [0.2, 0.25) is 0 Å². The Hall–Kier alpha value is -1.88. The zero-order chi connectivity index (χ0) is 15.6. The van der Waals surface area contributed by atoms with Gasteiger partial charge in [0.1, 0.15) is 0 Å². The molecule has 5 heteroatoms. The Morgan fingerprint density at radius 3 is 2.48 bits per heavy atom. The fraction of sp³-hybridized carbons (Fsp3) is 0.500. The highest BCUT2D eigenvalue weighted by Gasteiger charge is 2.18. The summed E-state index contributed by atoms with van der Waals surface area (Å²) >= 11 is 0. The molecule has 1 N–H and O–H groups in total. The van der Waals surface area contributed by atoms with Gasteiger partial charge in [-0.2, -0.15) is 5.10 Å². The number of aryl methyl sites for hydroxylation is 2. The number of hydrogen-bond donors (Lipinski definition) is 1. The molecular formula is C16H24N4O. The number of aromatic nitrogens is 3. The normalized spacial score (nSPS) is 11.7. The van der Waals surface area contributed by atoms with Gasteiger partial charge in [0.2, 0.25) is 11.8 Å². The lowest BCUT2D eigenvalue weighted by Crippen LogP contribution is -2.16. The summed E-state index contributed by atoms with van der Waals surface area (Å²) < 4.78 is 7.64. The maximum absolute atomic E-state index is 5.91. The van der Waals surface area contributed by atoms with Crippen molar-refractivity contribution in [3.63, 3.8) is 0 Å². The predicted octanol–water partition coefficient (Wildman–Crippen LogP) is 2.93. The third-order valence-electron chi connectivity index (χ3n) is 3.18. The number of rotatable bonds is 4. The largest absolute Gasteiger partial charge is 0.421 e. The van der Waals surface area contributed by atoms with Gasteiger partial charge in [0.25, 0.3) is 0 Å². The molecule has 0 saturated heterocycles. The van der Waals surface area contributed by atoms with E-state index in [9.17, 15) is 0 Å². The molecule has 0 unspecified atom stereocenters. The van der Waals surface area contributed by atoms with Crippen molar-refractivity contribution < 1.29 is 4.74 Å². The van der Waals surface area contributed by atoms with E-state index in [1.54, 1.807) is 4.68 Å². The van der Waals surface area contributed by atoms with Gasteiger partial charge in [0, 0.05) is 31.1 Å². The first-order valence-corrected chi connectivity index (χ1v) is 7.14. The van der Waals surface area contributed by atoms with Gasteiger partial charge in [-0.25, -0.2) is 9.67 Å². The lowest BCUT2D eigenvalue weighted by molar-refractivity contribution is 0.408. The summed E-state index contributed by atoms with van der Waals surface area (Å²) in [6.45, 7) is 9.17. The molecular weight excluding hydrogens is 264 g/mol. The number of pyridine rings is 1. The molecule has 2 heterocycles. The van der Waals surface area contributed by atoms with Crippen molar-refractivity contribution in [3.05, 3.63) is 35.2 Å². The molecule has 0 saturated carbocycles. The van der Waals surface area contributed by atoms with E-state index in [4.69, 9.17) is 4.74 Å². The van der Waals surface area contributed by atoms with Crippen LogP contribution in [-0.4, -0.2) is 21.8 Å². The second-order valence-electron chi connectivity index (χ2n) is 6.33.